The highest BCUT2D eigenvalue weighted by Gasteiger charge is 2.21. The maximum atomic E-state index is 12.9. The number of nitrogens with one attached hydrogen (secondary N) is 1. The van der Waals surface area contributed by atoms with E-state index < -0.39 is 0 Å². The molecule has 1 atom stereocenters. The van der Waals surface area contributed by atoms with E-state index in [1.54, 1.807) is 41.9 Å². The van der Waals surface area contributed by atoms with Gasteiger partial charge in [-0.1, -0.05) is 19.9 Å². The van der Waals surface area contributed by atoms with Gasteiger partial charge in [0.1, 0.15) is 6.61 Å². The first-order valence-corrected chi connectivity index (χ1v) is 10.6. The Morgan fingerprint density at radius 3 is 2.55 bits per heavy atom. The number of benzene rings is 1. The maximum Gasteiger partial charge on any atom is 0.251 e. The number of pyridine rings is 1. The third-order valence-electron chi connectivity index (χ3n) is 4.45. The molecule has 0 spiro atoms. The summed E-state index contributed by atoms with van der Waals surface area (Å²) in [6.07, 6.45) is 3.46. The Balaban J connectivity index is 1.75. The summed E-state index contributed by atoms with van der Waals surface area (Å²) in [6.45, 7) is 7.01. The minimum Gasteiger partial charge on any atom is -0.490 e. The Hall–Kier alpha value is -2.86. The van der Waals surface area contributed by atoms with Gasteiger partial charge in [0.25, 0.3) is 5.91 Å². The van der Waals surface area contributed by atoms with Gasteiger partial charge in [-0.3, -0.25) is 9.78 Å². The molecule has 0 fully saturated rings. The summed E-state index contributed by atoms with van der Waals surface area (Å²) in [5, 5.41) is 5.18. The van der Waals surface area contributed by atoms with Gasteiger partial charge < -0.3 is 14.8 Å². The van der Waals surface area contributed by atoms with Gasteiger partial charge in [-0.2, -0.15) is 0 Å². The zero-order valence-electron chi connectivity index (χ0n) is 16.9. The lowest BCUT2D eigenvalue weighted by molar-refractivity contribution is 0.0926. The van der Waals surface area contributed by atoms with Gasteiger partial charge in [0.2, 0.25) is 0 Å². The molecule has 5 nitrogen and oxygen atoms in total. The predicted octanol–water partition coefficient (Wildman–Crippen LogP) is 5.25. The summed E-state index contributed by atoms with van der Waals surface area (Å²) in [7, 11) is 0. The lowest BCUT2D eigenvalue weighted by atomic mass is 10.0. The standard InChI is InChI=1S/C23H26N2O3S/c1-4-27-20-14-18(7-8-19(20)28-15-17-9-11-24-12-10-17)23(26)25-22(16(2)3)21-6-5-13-29-21/h5-14,16,22H,4,15H2,1-3H3,(H,25,26). The van der Waals surface area contributed by atoms with Crippen molar-refractivity contribution in [2.24, 2.45) is 5.92 Å². The molecule has 1 aromatic carbocycles. The van der Waals surface area contributed by atoms with Crippen LogP contribution in [0, 0.1) is 5.92 Å². The zero-order chi connectivity index (χ0) is 20.6. The molecule has 0 aliphatic rings. The van der Waals surface area contributed by atoms with Crippen LogP contribution in [-0.2, 0) is 6.61 Å². The van der Waals surface area contributed by atoms with Crippen LogP contribution in [0.2, 0.25) is 0 Å². The molecule has 2 aromatic heterocycles. The number of carbonyl (C=O) groups is 1. The van der Waals surface area contributed by atoms with E-state index in [9.17, 15) is 4.79 Å². The Kier molecular flexibility index (Phi) is 7.25. The number of hydrogen-bond acceptors (Lipinski definition) is 5. The van der Waals surface area contributed by atoms with Crippen molar-refractivity contribution in [3.63, 3.8) is 0 Å². The van der Waals surface area contributed by atoms with Crippen LogP contribution >= 0.6 is 11.3 Å². The highest BCUT2D eigenvalue weighted by molar-refractivity contribution is 7.10. The van der Waals surface area contributed by atoms with E-state index in [0.717, 1.165) is 10.4 Å². The second-order valence-corrected chi connectivity index (χ2v) is 7.93. The second kappa shape index (κ2) is 10.1. The fourth-order valence-corrected chi connectivity index (χ4v) is 3.89. The molecule has 29 heavy (non-hydrogen) atoms. The number of amides is 1. The van der Waals surface area contributed by atoms with E-state index in [1.807, 2.05) is 30.5 Å². The highest BCUT2D eigenvalue weighted by atomic mass is 32.1. The van der Waals surface area contributed by atoms with Crippen LogP contribution in [0.3, 0.4) is 0 Å². The quantitative estimate of drug-likeness (QED) is 0.523. The van der Waals surface area contributed by atoms with Crippen LogP contribution in [0.4, 0.5) is 0 Å². The van der Waals surface area contributed by atoms with Gasteiger partial charge in [-0.25, -0.2) is 0 Å². The SMILES string of the molecule is CCOc1cc(C(=O)NC(c2cccs2)C(C)C)ccc1OCc1ccncc1. The Labute approximate surface area is 175 Å². The predicted molar refractivity (Wildman–Crippen MR) is 116 cm³/mol. The number of hydrogen-bond donors (Lipinski definition) is 1. The van der Waals surface area contributed by atoms with Crippen molar-refractivity contribution in [1.29, 1.82) is 0 Å². The Morgan fingerprint density at radius 1 is 1.10 bits per heavy atom. The van der Waals surface area contributed by atoms with E-state index in [1.165, 1.54) is 0 Å². The van der Waals surface area contributed by atoms with Crippen molar-refractivity contribution < 1.29 is 14.3 Å². The van der Waals surface area contributed by atoms with Crippen molar-refractivity contribution in [2.45, 2.75) is 33.4 Å². The minimum absolute atomic E-state index is 0.0272. The van der Waals surface area contributed by atoms with Crippen molar-refractivity contribution in [1.82, 2.24) is 10.3 Å². The molecule has 152 valence electrons. The summed E-state index contributed by atoms with van der Waals surface area (Å²) < 4.78 is 11.6. The van der Waals surface area contributed by atoms with E-state index in [4.69, 9.17) is 9.47 Å². The van der Waals surface area contributed by atoms with Crippen LogP contribution in [0.5, 0.6) is 11.5 Å². The molecule has 0 bridgehead atoms. The molecule has 6 heteroatoms. The fourth-order valence-electron chi connectivity index (χ4n) is 2.94. The Morgan fingerprint density at radius 2 is 1.90 bits per heavy atom. The zero-order valence-corrected chi connectivity index (χ0v) is 17.7. The van der Waals surface area contributed by atoms with Crippen LogP contribution in [0.15, 0.2) is 60.2 Å². The summed E-state index contributed by atoms with van der Waals surface area (Å²) in [6, 6.07) is 13.1. The van der Waals surface area contributed by atoms with E-state index >= 15 is 0 Å². The monoisotopic (exact) mass is 410 g/mol. The average Bonchev–Trinajstić information content (AvgIpc) is 3.26. The molecule has 0 aliphatic carbocycles. The summed E-state index contributed by atoms with van der Waals surface area (Å²) in [5.41, 5.74) is 1.56. The molecule has 0 saturated carbocycles. The van der Waals surface area contributed by atoms with Gasteiger partial charge in [-0.15, -0.1) is 11.3 Å². The van der Waals surface area contributed by atoms with Crippen molar-refractivity contribution in [3.05, 3.63) is 76.2 Å². The fraction of sp³-hybridized carbons (Fsp3) is 0.304. The molecule has 3 rings (SSSR count). The first-order chi connectivity index (χ1) is 14.1. The third-order valence-corrected chi connectivity index (χ3v) is 5.41. The third kappa shape index (κ3) is 5.57. The number of thiophene rings is 1. The molecular weight excluding hydrogens is 384 g/mol. The van der Waals surface area contributed by atoms with E-state index in [-0.39, 0.29) is 17.9 Å². The first kappa shape index (κ1) is 20.9. The van der Waals surface area contributed by atoms with Crippen LogP contribution in [0.25, 0.3) is 0 Å². The molecule has 3 aromatic rings. The van der Waals surface area contributed by atoms with Gasteiger partial charge in [0.05, 0.1) is 12.6 Å². The number of rotatable bonds is 9. The first-order valence-electron chi connectivity index (χ1n) is 9.71. The second-order valence-electron chi connectivity index (χ2n) is 6.95. The smallest absolute Gasteiger partial charge is 0.251 e. The molecule has 0 radical (unpaired) electrons. The van der Waals surface area contributed by atoms with Crippen molar-refractivity contribution >= 4 is 17.2 Å². The van der Waals surface area contributed by atoms with Gasteiger partial charge >= 0.3 is 0 Å². The molecular formula is C23H26N2O3S. The van der Waals surface area contributed by atoms with Gasteiger partial charge in [0.15, 0.2) is 11.5 Å². The molecule has 1 unspecified atom stereocenters. The maximum absolute atomic E-state index is 12.9. The van der Waals surface area contributed by atoms with E-state index in [0.29, 0.717) is 30.3 Å². The van der Waals surface area contributed by atoms with Gasteiger partial charge in [0, 0.05) is 22.8 Å². The number of carbonyl (C=O) groups excluding carboxylic acids is 1. The summed E-state index contributed by atoms with van der Waals surface area (Å²) in [5.74, 6) is 1.33. The summed E-state index contributed by atoms with van der Waals surface area (Å²) >= 11 is 1.65. The largest absolute Gasteiger partial charge is 0.490 e. The van der Waals surface area contributed by atoms with Crippen LogP contribution in [0.1, 0.15) is 47.6 Å². The number of aromatic nitrogens is 1. The number of ether oxygens (including phenoxy) is 2. The highest BCUT2D eigenvalue weighted by Crippen LogP contribution is 2.30. The summed E-state index contributed by atoms with van der Waals surface area (Å²) in [4.78, 5) is 18.0. The molecule has 2 heterocycles. The lowest BCUT2D eigenvalue weighted by Crippen LogP contribution is -2.31. The minimum atomic E-state index is -0.126. The van der Waals surface area contributed by atoms with Crippen LogP contribution < -0.4 is 14.8 Å². The molecule has 1 N–H and O–H groups in total. The van der Waals surface area contributed by atoms with Crippen molar-refractivity contribution in [3.8, 4) is 11.5 Å². The topological polar surface area (TPSA) is 60.5 Å². The Bertz CT molecular complexity index is 911. The average molecular weight is 411 g/mol. The van der Waals surface area contributed by atoms with Gasteiger partial charge in [-0.05, 0) is 60.2 Å². The lowest BCUT2D eigenvalue weighted by Gasteiger charge is -2.21. The molecule has 1 amide bonds. The molecule has 0 aliphatic heterocycles. The number of nitrogens with zero attached hydrogens (tertiary/aromatic N) is 1. The normalized spacial score (nSPS) is 11.9. The van der Waals surface area contributed by atoms with E-state index in [2.05, 4.69) is 30.2 Å². The molecule has 0 saturated heterocycles. The van der Waals surface area contributed by atoms with Crippen molar-refractivity contribution in [2.75, 3.05) is 6.61 Å². The van der Waals surface area contributed by atoms with Crippen LogP contribution in [-0.4, -0.2) is 17.5 Å².